The van der Waals surface area contributed by atoms with Crippen molar-refractivity contribution in [2.24, 2.45) is 0 Å². The number of sulfonamides is 1. The molecule has 28 heavy (non-hydrogen) atoms. The number of carbonyl (C=O) groups is 1. The number of aryl methyl sites for hydroxylation is 1. The fourth-order valence-electron chi connectivity index (χ4n) is 2.41. The molecule has 3 rings (SSSR count). The van der Waals surface area contributed by atoms with E-state index in [2.05, 4.69) is 20.2 Å². The standard InChI is InChI=1S/C18H20N4O4S2/c1-12(2)22-28(24,25)15-5-3-14(4-6-15)19-16(23)7-8-17-20-18(21-26-17)13-9-10-27-11-13/h3-6,9-12,22H,7-8H2,1-2H3,(H,19,23). The molecule has 0 aliphatic rings. The average Bonchev–Trinajstić information content (AvgIpc) is 3.31. The van der Waals surface area contributed by atoms with Crippen LogP contribution < -0.4 is 10.0 Å². The number of nitrogens with zero attached hydrogens (tertiary/aromatic N) is 2. The molecule has 2 aromatic heterocycles. The summed E-state index contributed by atoms with van der Waals surface area (Å²) in [7, 11) is -3.56. The van der Waals surface area contributed by atoms with Crippen molar-refractivity contribution in [2.45, 2.75) is 37.6 Å². The van der Waals surface area contributed by atoms with Crippen LogP contribution in [0.3, 0.4) is 0 Å². The number of hydrogen-bond acceptors (Lipinski definition) is 7. The Balaban J connectivity index is 1.54. The summed E-state index contributed by atoms with van der Waals surface area (Å²) >= 11 is 1.54. The van der Waals surface area contributed by atoms with Crippen LogP contribution in [0.1, 0.15) is 26.2 Å². The Morgan fingerprint density at radius 3 is 2.61 bits per heavy atom. The van der Waals surface area contributed by atoms with Gasteiger partial charge in [-0.15, -0.1) is 0 Å². The molecule has 0 bridgehead atoms. The van der Waals surface area contributed by atoms with Gasteiger partial charge < -0.3 is 9.84 Å². The summed E-state index contributed by atoms with van der Waals surface area (Å²) < 4.78 is 31.9. The molecule has 2 heterocycles. The number of aromatic nitrogens is 2. The molecule has 3 aromatic rings. The highest BCUT2D eigenvalue weighted by atomic mass is 32.2. The van der Waals surface area contributed by atoms with E-state index in [1.165, 1.54) is 12.1 Å². The number of hydrogen-bond donors (Lipinski definition) is 2. The topological polar surface area (TPSA) is 114 Å². The van der Waals surface area contributed by atoms with Crippen molar-refractivity contribution < 1.29 is 17.7 Å². The molecule has 0 spiro atoms. The number of carbonyl (C=O) groups excluding carboxylic acids is 1. The van der Waals surface area contributed by atoms with E-state index in [1.54, 1.807) is 37.3 Å². The van der Waals surface area contributed by atoms with Gasteiger partial charge in [0.2, 0.25) is 27.6 Å². The molecule has 1 aromatic carbocycles. The van der Waals surface area contributed by atoms with Crippen LogP contribution in [-0.2, 0) is 21.2 Å². The third-order valence-electron chi connectivity index (χ3n) is 3.65. The molecule has 0 radical (unpaired) electrons. The van der Waals surface area contributed by atoms with Crippen molar-refractivity contribution in [3.63, 3.8) is 0 Å². The van der Waals surface area contributed by atoms with Crippen molar-refractivity contribution in [1.82, 2.24) is 14.9 Å². The molecule has 0 aliphatic carbocycles. The lowest BCUT2D eigenvalue weighted by Gasteiger charge is -2.10. The second-order valence-corrected chi connectivity index (χ2v) is 8.87. The molecule has 2 N–H and O–H groups in total. The third kappa shape index (κ3) is 5.24. The first-order chi connectivity index (χ1) is 13.3. The molecule has 0 fully saturated rings. The number of rotatable bonds is 8. The first-order valence-corrected chi connectivity index (χ1v) is 11.0. The summed E-state index contributed by atoms with van der Waals surface area (Å²) in [5, 5.41) is 10.5. The summed E-state index contributed by atoms with van der Waals surface area (Å²) in [6, 6.07) is 7.69. The molecule has 0 saturated carbocycles. The van der Waals surface area contributed by atoms with Crippen LogP contribution in [0.4, 0.5) is 5.69 Å². The zero-order valence-electron chi connectivity index (χ0n) is 15.4. The van der Waals surface area contributed by atoms with Gasteiger partial charge in [-0.25, -0.2) is 13.1 Å². The van der Waals surface area contributed by atoms with Crippen molar-refractivity contribution >= 4 is 33.0 Å². The fraction of sp³-hybridized carbons (Fsp3) is 0.278. The minimum Gasteiger partial charge on any atom is -0.339 e. The van der Waals surface area contributed by atoms with Crippen LogP contribution in [0.25, 0.3) is 11.4 Å². The molecule has 1 amide bonds. The molecule has 0 saturated heterocycles. The smallest absolute Gasteiger partial charge is 0.240 e. The van der Waals surface area contributed by atoms with E-state index < -0.39 is 10.0 Å². The Kier molecular flexibility index (Phi) is 6.22. The van der Waals surface area contributed by atoms with E-state index in [0.29, 0.717) is 23.8 Å². The summed E-state index contributed by atoms with van der Waals surface area (Å²) in [4.78, 5) is 16.5. The Hall–Kier alpha value is -2.56. The zero-order valence-corrected chi connectivity index (χ0v) is 17.0. The summed E-state index contributed by atoms with van der Waals surface area (Å²) in [5.74, 6) is 0.659. The molecular formula is C18H20N4O4S2. The monoisotopic (exact) mass is 420 g/mol. The molecule has 10 heteroatoms. The number of nitrogens with one attached hydrogen (secondary N) is 2. The minimum atomic E-state index is -3.56. The van der Waals surface area contributed by atoms with E-state index in [4.69, 9.17) is 4.52 Å². The SMILES string of the molecule is CC(C)NS(=O)(=O)c1ccc(NC(=O)CCc2nc(-c3ccsc3)no2)cc1. The van der Waals surface area contributed by atoms with Gasteiger partial charge in [0.05, 0.1) is 4.90 Å². The number of benzene rings is 1. The maximum absolute atomic E-state index is 12.1. The largest absolute Gasteiger partial charge is 0.339 e. The normalized spacial score (nSPS) is 11.7. The quantitative estimate of drug-likeness (QED) is 0.579. The maximum Gasteiger partial charge on any atom is 0.240 e. The predicted octanol–water partition coefficient (Wildman–Crippen LogP) is 3.06. The fourth-order valence-corrected chi connectivity index (χ4v) is 4.29. The van der Waals surface area contributed by atoms with Gasteiger partial charge in [-0.05, 0) is 49.6 Å². The van der Waals surface area contributed by atoms with Gasteiger partial charge >= 0.3 is 0 Å². The number of amides is 1. The lowest BCUT2D eigenvalue weighted by atomic mass is 10.2. The molecule has 148 valence electrons. The van der Waals surface area contributed by atoms with E-state index in [1.807, 2.05) is 16.8 Å². The second-order valence-electron chi connectivity index (χ2n) is 6.37. The van der Waals surface area contributed by atoms with E-state index >= 15 is 0 Å². The highest BCUT2D eigenvalue weighted by Gasteiger charge is 2.15. The summed E-state index contributed by atoms with van der Waals surface area (Å²) in [6.45, 7) is 3.50. The minimum absolute atomic E-state index is 0.144. The molecule has 0 unspecified atom stereocenters. The zero-order chi connectivity index (χ0) is 20.1. The van der Waals surface area contributed by atoms with Crippen molar-refractivity contribution in [1.29, 1.82) is 0 Å². The van der Waals surface area contributed by atoms with Gasteiger partial charge in [-0.2, -0.15) is 16.3 Å². The highest BCUT2D eigenvalue weighted by molar-refractivity contribution is 7.89. The summed E-state index contributed by atoms with van der Waals surface area (Å²) in [5.41, 5.74) is 1.39. The highest BCUT2D eigenvalue weighted by Crippen LogP contribution is 2.19. The molecule has 0 aliphatic heterocycles. The number of thiophene rings is 1. The van der Waals surface area contributed by atoms with Gasteiger partial charge in [0, 0.05) is 35.5 Å². The lowest BCUT2D eigenvalue weighted by molar-refractivity contribution is -0.116. The number of anilines is 1. The second kappa shape index (κ2) is 8.63. The predicted molar refractivity (Wildman–Crippen MR) is 106 cm³/mol. The van der Waals surface area contributed by atoms with E-state index in [9.17, 15) is 13.2 Å². The van der Waals surface area contributed by atoms with Gasteiger partial charge in [0.25, 0.3) is 0 Å². The third-order valence-corrected chi connectivity index (χ3v) is 6.01. The molecule has 8 nitrogen and oxygen atoms in total. The first kappa shape index (κ1) is 20.2. The van der Waals surface area contributed by atoms with E-state index in [0.717, 1.165) is 5.56 Å². The van der Waals surface area contributed by atoms with Gasteiger partial charge in [0.15, 0.2) is 0 Å². The lowest BCUT2D eigenvalue weighted by Crippen LogP contribution is -2.30. The van der Waals surface area contributed by atoms with Crippen LogP contribution >= 0.6 is 11.3 Å². The van der Waals surface area contributed by atoms with Crippen LogP contribution in [0.2, 0.25) is 0 Å². The van der Waals surface area contributed by atoms with E-state index in [-0.39, 0.29) is 23.3 Å². The Bertz CT molecular complexity index is 1030. The average molecular weight is 421 g/mol. The van der Waals surface area contributed by atoms with Crippen LogP contribution in [0, 0.1) is 0 Å². The Morgan fingerprint density at radius 2 is 1.96 bits per heavy atom. The Morgan fingerprint density at radius 1 is 1.21 bits per heavy atom. The van der Waals surface area contributed by atoms with Gasteiger partial charge in [-0.1, -0.05) is 5.16 Å². The Labute approximate surface area is 167 Å². The van der Waals surface area contributed by atoms with Gasteiger partial charge in [0.1, 0.15) is 0 Å². The summed E-state index contributed by atoms with van der Waals surface area (Å²) in [6.07, 6.45) is 0.480. The van der Waals surface area contributed by atoms with Crippen LogP contribution in [-0.4, -0.2) is 30.5 Å². The van der Waals surface area contributed by atoms with Crippen molar-refractivity contribution in [3.8, 4) is 11.4 Å². The van der Waals surface area contributed by atoms with Gasteiger partial charge in [-0.3, -0.25) is 4.79 Å². The van der Waals surface area contributed by atoms with Crippen molar-refractivity contribution in [2.75, 3.05) is 5.32 Å². The van der Waals surface area contributed by atoms with Crippen molar-refractivity contribution in [3.05, 3.63) is 47.0 Å². The maximum atomic E-state index is 12.1. The van der Waals surface area contributed by atoms with Crippen LogP contribution in [0.5, 0.6) is 0 Å². The van der Waals surface area contributed by atoms with Crippen LogP contribution in [0.15, 0.2) is 50.5 Å². The molecular weight excluding hydrogens is 400 g/mol. The molecule has 0 atom stereocenters. The first-order valence-electron chi connectivity index (χ1n) is 8.61.